The van der Waals surface area contributed by atoms with E-state index in [0.717, 1.165) is 12.4 Å². The summed E-state index contributed by atoms with van der Waals surface area (Å²) in [6.45, 7) is 5.03. The zero-order valence-electron chi connectivity index (χ0n) is 20.2. The summed E-state index contributed by atoms with van der Waals surface area (Å²) in [5, 5.41) is 13.0. The van der Waals surface area contributed by atoms with Crippen LogP contribution < -0.4 is 4.90 Å². The lowest BCUT2D eigenvalue weighted by atomic mass is 10.1. The van der Waals surface area contributed by atoms with E-state index in [4.69, 9.17) is 0 Å². The van der Waals surface area contributed by atoms with Crippen LogP contribution in [0.4, 0.5) is 31.3 Å². The van der Waals surface area contributed by atoms with Gasteiger partial charge in [-0.15, -0.1) is 0 Å². The normalized spacial score (nSPS) is 17.3. The Morgan fingerprint density at radius 2 is 1.71 bits per heavy atom. The van der Waals surface area contributed by atoms with E-state index in [-0.39, 0.29) is 54.2 Å². The van der Waals surface area contributed by atoms with E-state index in [0.29, 0.717) is 11.3 Å². The second kappa shape index (κ2) is 9.76. The van der Waals surface area contributed by atoms with Crippen molar-refractivity contribution in [1.82, 2.24) is 34.6 Å². The van der Waals surface area contributed by atoms with Gasteiger partial charge in [-0.05, 0) is 20.8 Å². The minimum Gasteiger partial charge on any atom is -0.382 e. The highest BCUT2D eigenvalue weighted by molar-refractivity contribution is 7.16. The predicted octanol–water partition coefficient (Wildman–Crippen LogP) is 3.19. The number of amides is 1. The summed E-state index contributed by atoms with van der Waals surface area (Å²) < 4.78 is 80.2. The van der Waals surface area contributed by atoms with E-state index >= 15 is 0 Å². The quantitative estimate of drug-likeness (QED) is 0.471. The number of nitrogens with zero attached hydrogens (tertiary/aromatic N) is 8. The number of carbonyl (C=O) groups excluding carboxylic acids is 1. The van der Waals surface area contributed by atoms with Gasteiger partial charge in [0.2, 0.25) is 16.7 Å². The molecule has 1 unspecified atom stereocenters. The van der Waals surface area contributed by atoms with Gasteiger partial charge < -0.3 is 14.9 Å². The number of anilines is 1. The first-order valence-corrected chi connectivity index (χ1v) is 12.0. The lowest BCUT2D eigenvalue weighted by Gasteiger charge is -2.40. The Morgan fingerprint density at radius 3 is 2.24 bits per heavy atom. The predicted molar refractivity (Wildman–Crippen MR) is 122 cm³/mol. The molecular formula is C21H22F6N8O2S. The number of hydrogen-bond donors (Lipinski definition) is 1. The van der Waals surface area contributed by atoms with Gasteiger partial charge in [0.05, 0.1) is 0 Å². The van der Waals surface area contributed by atoms with E-state index in [1.165, 1.54) is 24.9 Å². The minimum atomic E-state index is -4.80. The first-order chi connectivity index (χ1) is 17.5. The van der Waals surface area contributed by atoms with Crippen LogP contribution in [0.25, 0.3) is 11.3 Å². The molecule has 1 fully saturated rings. The van der Waals surface area contributed by atoms with Crippen LogP contribution in [0.2, 0.25) is 0 Å². The standard InChI is InChI=1S/C21H22F6N8O2S/c1-11-8-33(4-5-35(11)13(36)9-34-10-30-16(32-34)19(2,3)37)15-14(31-18(38-15)21(25,26)27)12-6-28-17(29-7-12)20(22,23)24/h6-7,10-11,37H,4-5,8-9H2,1-3H3. The molecule has 1 atom stereocenters. The highest BCUT2D eigenvalue weighted by Gasteiger charge is 2.39. The number of hydrogen-bond acceptors (Lipinski definition) is 9. The maximum absolute atomic E-state index is 13.5. The maximum Gasteiger partial charge on any atom is 0.451 e. The van der Waals surface area contributed by atoms with Crippen molar-refractivity contribution in [2.24, 2.45) is 0 Å². The molecule has 1 aliphatic rings. The van der Waals surface area contributed by atoms with Crippen molar-refractivity contribution in [2.75, 3.05) is 24.5 Å². The molecule has 0 aromatic carbocycles. The molecule has 3 aromatic heterocycles. The highest BCUT2D eigenvalue weighted by Crippen LogP contribution is 2.43. The molecule has 4 heterocycles. The number of thiazole rings is 1. The number of aliphatic hydroxyl groups is 1. The Labute approximate surface area is 216 Å². The summed E-state index contributed by atoms with van der Waals surface area (Å²) in [6.07, 6.45) is -6.68. The Balaban J connectivity index is 1.54. The first-order valence-electron chi connectivity index (χ1n) is 11.2. The summed E-state index contributed by atoms with van der Waals surface area (Å²) in [6, 6.07) is -0.429. The zero-order valence-corrected chi connectivity index (χ0v) is 21.1. The van der Waals surface area contributed by atoms with Gasteiger partial charge in [0.1, 0.15) is 29.2 Å². The number of halogens is 6. The average molecular weight is 565 g/mol. The fraction of sp³-hybridized carbons (Fsp3) is 0.524. The fourth-order valence-corrected chi connectivity index (χ4v) is 4.82. The number of alkyl halides is 6. The van der Waals surface area contributed by atoms with Crippen molar-refractivity contribution in [3.63, 3.8) is 0 Å². The van der Waals surface area contributed by atoms with Gasteiger partial charge in [0, 0.05) is 43.6 Å². The Morgan fingerprint density at radius 1 is 1.05 bits per heavy atom. The van der Waals surface area contributed by atoms with E-state index in [1.807, 2.05) is 0 Å². The van der Waals surface area contributed by atoms with E-state index in [1.54, 1.807) is 16.7 Å². The van der Waals surface area contributed by atoms with Gasteiger partial charge in [-0.3, -0.25) is 4.79 Å². The summed E-state index contributed by atoms with van der Waals surface area (Å²) >= 11 is 0.359. The van der Waals surface area contributed by atoms with Crippen LogP contribution in [0.15, 0.2) is 18.7 Å². The summed E-state index contributed by atoms with van der Waals surface area (Å²) in [4.78, 5) is 30.2. The third-order valence-corrected chi connectivity index (χ3v) is 6.81. The van der Waals surface area contributed by atoms with E-state index in [9.17, 15) is 36.2 Å². The Kier molecular flexibility index (Phi) is 7.11. The summed E-state index contributed by atoms with van der Waals surface area (Å²) in [5.41, 5.74) is -1.57. The van der Waals surface area contributed by atoms with Crippen LogP contribution in [0.5, 0.6) is 0 Å². The average Bonchev–Trinajstić information content (AvgIpc) is 3.46. The molecule has 10 nitrogen and oxygen atoms in total. The van der Waals surface area contributed by atoms with Crippen molar-refractivity contribution in [1.29, 1.82) is 0 Å². The largest absolute Gasteiger partial charge is 0.451 e. The molecule has 17 heteroatoms. The smallest absolute Gasteiger partial charge is 0.382 e. The van der Waals surface area contributed by atoms with Gasteiger partial charge in [-0.25, -0.2) is 24.6 Å². The van der Waals surface area contributed by atoms with Crippen molar-refractivity contribution in [2.45, 2.75) is 51.3 Å². The molecule has 1 saturated heterocycles. The van der Waals surface area contributed by atoms with Gasteiger partial charge >= 0.3 is 12.4 Å². The number of rotatable bonds is 5. The molecule has 0 saturated carbocycles. The van der Waals surface area contributed by atoms with Crippen molar-refractivity contribution < 1.29 is 36.2 Å². The van der Waals surface area contributed by atoms with E-state index in [2.05, 4.69) is 25.0 Å². The second-order valence-electron chi connectivity index (χ2n) is 9.17. The van der Waals surface area contributed by atoms with Crippen LogP contribution in [0.3, 0.4) is 0 Å². The zero-order chi connectivity index (χ0) is 28.0. The lowest BCUT2D eigenvalue weighted by molar-refractivity contribution is -0.145. The third-order valence-electron chi connectivity index (χ3n) is 5.65. The molecule has 38 heavy (non-hydrogen) atoms. The SMILES string of the molecule is CC1CN(c2sc(C(F)(F)F)nc2-c2cnc(C(F)(F)F)nc2)CCN1C(=O)Cn1cnc(C(C)(C)O)n1. The summed E-state index contributed by atoms with van der Waals surface area (Å²) in [5.74, 6) is -1.58. The second-order valence-corrected chi connectivity index (χ2v) is 10.1. The Bertz CT molecular complexity index is 1300. The summed E-state index contributed by atoms with van der Waals surface area (Å²) in [7, 11) is 0. The molecule has 1 amide bonds. The van der Waals surface area contributed by atoms with Crippen LogP contribution in [0.1, 0.15) is 37.4 Å². The monoisotopic (exact) mass is 564 g/mol. The van der Waals surface area contributed by atoms with Crippen molar-refractivity contribution in [3.8, 4) is 11.3 Å². The van der Waals surface area contributed by atoms with Crippen LogP contribution in [-0.4, -0.2) is 71.3 Å². The number of piperazine rings is 1. The first kappa shape index (κ1) is 27.7. The highest BCUT2D eigenvalue weighted by atomic mass is 32.1. The lowest BCUT2D eigenvalue weighted by Crippen LogP contribution is -2.54. The maximum atomic E-state index is 13.5. The molecule has 3 aromatic rings. The number of aromatic nitrogens is 6. The van der Waals surface area contributed by atoms with Gasteiger partial charge in [0.15, 0.2) is 5.82 Å². The molecule has 4 rings (SSSR count). The van der Waals surface area contributed by atoms with Crippen molar-refractivity contribution >= 4 is 22.2 Å². The fourth-order valence-electron chi connectivity index (χ4n) is 3.83. The molecule has 0 spiro atoms. The van der Waals surface area contributed by atoms with Crippen LogP contribution >= 0.6 is 11.3 Å². The number of carbonyl (C=O) groups is 1. The van der Waals surface area contributed by atoms with Gasteiger partial charge in [-0.1, -0.05) is 11.3 Å². The molecule has 1 N–H and O–H groups in total. The molecule has 0 bridgehead atoms. The molecule has 206 valence electrons. The molecular weight excluding hydrogens is 542 g/mol. The Hall–Kier alpha value is -3.34. The van der Waals surface area contributed by atoms with Crippen LogP contribution in [0, 0.1) is 0 Å². The van der Waals surface area contributed by atoms with Gasteiger partial charge in [0.25, 0.3) is 0 Å². The van der Waals surface area contributed by atoms with Crippen LogP contribution in [-0.2, 0) is 29.3 Å². The molecule has 1 aliphatic heterocycles. The molecule has 0 radical (unpaired) electrons. The topological polar surface area (TPSA) is 113 Å². The van der Waals surface area contributed by atoms with E-state index < -0.39 is 34.8 Å². The van der Waals surface area contributed by atoms with Gasteiger partial charge in [-0.2, -0.15) is 31.4 Å². The third kappa shape index (κ3) is 5.87. The minimum absolute atomic E-state index is 0.0886. The van der Waals surface area contributed by atoms with Crippen molar-refractivity contribution in [3.05, 3.63) is 35.4 Å². The molecule has 0 aliphatic carbocycles.